The Morgan fingerprint density at radius 2 is 1.76 bits per heavy atom. The molecule has 1 aromatic carbocycles. The maximum Gasteiger partial charge on any atom is 0.270 e. The third-order valence-corrected chi connectivity index (χ3v) is 3.85. The molecule has 8 nitrogen and oxygen atoms in total. The van der Waals surface area contributed by atoms with Gasteiger partial charge in [0.05, 0.1) is 7.11 Å². The molecule has 0 bridgehead atoms. The summed E-state index contributed by atoms with van der Waals surface area (Å²) in [6.45, 7) is 2.04. The molecule has 2 rings (SSSR count). The molecule has 0 saturated carbocycles. The Morgan fingerprint density at radius 1 is 1.08 bits per heavy atom. The molecule has 9 heteroatoms. The van der Waals surface area contributed by atoms with Crippen LogP contribution in [0.15, 0.2) is 29.6 Å². The van der Waals surface area contributed by atoms with Gasteiger partial charge in [-0.2, -0.15) is 0 Å². The van der Waals surface area contributed by atoms with Crippen molar-refractivity contribution in [3.05, 3.63) is 40.9 Å². The Kier molecular flexibility index (Phi) is 6.47. The van der Waals surface area contributed by atoms with Crippen LogP contribution >= 0.6 is 11.3 Å². The van der Waals surface area contributed by atoms with Gasteiger partial charge in [-0.3, -0.25) is 19.7 Å². The first kappa shape index (κ1) is 18.4. The van der Waals surface area contributed by atoms with Crippen LogP contribution in [0.25, 0.3) is 0 Å². The number of nitrogens with zero attached hydrogens (tertiary/aromatic N) is 1. The summed E-state index contributed by atoms with van der Waals surface area (Å²) in [6, 6.07) is 6.64. The van der Waals surface area contributed by atoms with Gasteiger partial charge in [0, 0.05) is 31.0 Å². The van der Waals surface area contributed by atoms with Crippen LogP contribution in [0.1, 0.15) is 27.8 Å². The lowest BCUT2D eigenvalue weighted by Gasteiger charge is -2.04. The van der Waals surface area contributed by atoms with Crippen molar-refractivity contribution < 1.29 is 19.1 Å². The molecule has 0 saturated heterocycles. The largest absolute Gasteiger partial charge is 0.497 e. The maximum absolute atomic E-state index is 12.1. The zero-order chi connectivity index (χ0) is 18.2. The molecule has 0 aliphatic rings. The molecular weight excluding hydrogens is 344 g/mol. The number of hydrogen-bond acceptors (Lipinski definition) is 6. The summed E-state index contributed by atoms with van der Waals surface area (Å²) >= 11 is 1.15. The van der Waals surface area contributed by atoms with Crippen molar-refractivity contribution in [2.75, 3.05) is 25.5 Å². The Labute approximate surface area is 148 Å². The number of benzene rings is 1. The second-order valence-electron chi connectivity index (χ2n) is 4.96. The molecule has 0 aliphatic heterocycles. The van der Waals surface area contributed by atoms with E-state index >= 15 is 0 Å². The monoisotopic (exact) mass is 362 g/mol. The first-order chi connectivity index (χ1) is 12.0. The van der Waals surface area contributed by atoms with Crippen LogP contribution in [0.2, 0.25) is 0 Å². The van der Waals surface area contributed by atoms with E-state index < -0.39 is 0 Å². The van der Waals surface area contributed by atoms with Crippen molar-refractivity contribution in [2.45, 2.75) is 6.92 Å². The predicted molar refractivity (Wildman–Crippen MR) is 94.1 cm³/mol. The van der Waals surface area contributed by atoms with E-state index in [1.165, 1.54) is 6.92 Å². The van der Waals surface area contributed by atoms with Gasteiger partial charge in [0.15, 0.2) is 5.13 Å². The fourth-order valence-electron chi connectivity index (χ4n) is 1.85. The minimum absolute atomic E-state index is 0.161. The number of carbonyl (C=O) groups excluding carboxylic acids is 3. The van der Waals surface area contributed by atoms with Gasteiger partial charge in [0.1, 0.15) is 11.4 Å². The first-order valence-electron chi connectivity index (χ1n) is 7.43. The number of nitrogens with one attached hydrogen (secondary N) is 3. The lowest BCUT2D eigenvalue weighted by atomic mass is 10.2. The van der Waals surface area contributed by atoms with E-state index in [9.17, 15) is 14.4 Å². The molecule has 1 heterocycles. The lowest BCUT2D eigenvalue weighted by Crippen LogP contribution is -2.33. The zero-order valence-electron chi connectivity index (χ0n) is 13.8. The smallest absolute Gasteiger partial charge is 0.270 e. The van der Waals surface area contributed by atoms with Gasteiger partial charge >= 0.3 is 0 Å². The summed E-state index contributed by atoms with van der Waals surface area (Å²) in [6.07, 6.45) is 0. The summed E-state index contributed by atoms with van der Waals surface area (Å²) in [5.41, 5.74) is 0.662. The Morgan fingerprint density at radius 3 is 2.40 bits per heavy atom. The number of aromatic nitrogens is 1. The number of ether oxygens (including phenoxy) is 1. The van der Waals surface area contributed by atoms with Crippen molar-refractivity contribution in [1.82, 2.24) is 15.6 Å². The van der Waals surface area contributed by atoms with E-state index in [0.29, 0.717) is 29.5 Å². The predicted octanol–water partition coefficient (Wildman–Crippen LogP) is 1.27. The number of rotatable bonds is 7. The fraction of sp³-hybridized carbons (Fsp3) is 0.250. The van der Waals surface area contributed by atoms with E-state index in [1.54, 1.807) is 36.8 Å². The Hall–Kier alpha value is -2.94. The summed E-state index contributed by atoms with van der Waals surface area (Å²) < 4.78 is 5.04. The van der Waals surface area contributed by atoms with Gasteiger partial charge in [0.25, 0.3) is 11.8 Å². The molecule has 0 radical (unpaired) electrons. The van der Waals surface area contributed by atoms with Crippen LogP contribution < -0.4 is 20.7 Å². The Balaban J connectivity index is 1.88. The first-order valence-corrected chi connectivity index (χ1v) is 8.31. The minimum Gasteiger partial charge on any atom is -0.497 e. The highest BCUT2D eigenvalue weighted by Gasteiger charge is 2.13. The third-order valence-electron chi connectivity index (χ3n) is 3.09. The number of thiazole rings is 1. The molecule has 2 aromatic rings. The highest BCUT2D eigenvalue weighted by molar-refractivity contribution is 7.14. The fourth-order valence-corrected chi connectivity index (χ4v) is 2.54. The summed E-state index contributed by atoms with van der Waals surface area (Å²) in [5, 5.41) is 9.73. The van der Waals surface area contributed by atoms with Crippen LogP contribution in [0.4, 0.5) is 5.13 Å². The Bertz CT molecular complexity index is 758. The van der Waals surface area contributed by atoms with Crippen LogP contribution in [0.5, 0.6) is 5.75 Å². The molecule has 3 amide bonds. The van der Waals surface area contributed by atoms with Gasteiger partial charge in [-0.05, 0) is 24.3 Å². The van der Waals surface area contributed by atoms with Crippen LogP contribution in [-0.4, -0.2) is 42.9 Å². The van der Waals surface area contributed by atoms with Gasteiger partial charge in [0.2, 0.25) is 5.91 Å². The van der Waals surface area contributed by atoms with Crippen molar-refractivity contribution in [2.24, 2.45) is 0 Å². The van der Waals surface area contributed by atoms with Crippen LogP contribution in [0.3, 0.4) is 0 Å². The quantitative estimate of drug-likeness (QED) is 0.643. The number of anilines is 1. The van der Waals surface area contributed by atoms with Crippen LogP contribution in [0, 0.1) is 0 Å². The van der Waals surface area contributed by atoms with Gasteiger partial charge in [-0.1, -0.05) is 0 Å². The summed E-state index contributed by atoms with van der Waals surface area (Å²) in [7, 11) is 1.55. The zero-order valence-corrected chi connectivity index (χ0v) is 14.6. The number of methoxy groups -OCH3 is 1. The molecule has 25 heavy (non-hydrogen) atoms. The molecule has 0 fully saturated rings. The molecule has 132 valence electrons. The second-order valence-corrected chi connectivity index (χ2v) is 5.82. The van der Waals surface area contributed by atoms with E-state index in [-0.39, 0.29) is 23.4 Å². The molecule has 0 spiro atoms. The minimum atomic E-state index is -0.369. The van der Waals surface area contributed by atoms with Gasteiger partial charge in [-0.15, -0.1) is 11.3 Å². The van der Waals surface area contributed by atoms with Gasteiger partial charge in [-0.25, -0.2) is 4.98 Å². The van der Waals surface area contributed by atoms with Gasteiger partial charge < -0.3 is 15.4 Å². The second kappa shape index (κ2) is 8.78. The number of carbonyl (C=O) groups is 3. The highest BCUT2D eigenvalue weighted by atomic mass is 32.1. The van der Waals surface area contributed by atoms with Crippen molar-refractivity contribution >= 4 is 34.2 Å². The molecule has 0 atom stereocenters. The summed E-state index contributed by atoms with van der Waals surface area (Å²) in [5.74, 6) is -0.198. The molecule has 0 unspecified atom stereocenters. The molecular formula is C16H18N4O4S. The van der Waals surface area contributed by atoms with Crippen LogP contribution in [-0.2, 0) is 4.79 Å². The SMILES string of the molecule is COc1ccc(C(=O)Nc2nc(C(=O)NCCNC(C)=O)cs2)cc1. The van der Waals surface area contributed by atoms with Crippen molar-refractivity contribution in [1.29, 1.82) is 0 Å². The third kappa shape index (κ3) is 5.57. The standard InChI is InChI=1S/C16H18N4O4S/c1-10(21)17-7-8-18-15(23)13-9-25-16(19-13)20-14(22)11-3-5-12(24-2)6-4-11/h3-6,9H,7-8H2,1-2H3,(H,17,21)(H,18,23)(H,19,20,22). The lowest BCUT2D eigenvalue weighted by molar-refractivity contribution is -0.118. The molecule has 0 aliphatic carbocycles. The van der Waals surface area contributed by atoms with Crippen molar-refractivity contribution in [3.8, 4) is 5.75 Å². The average Bonchev–Trinajstić information content (AvgIpc) is 3.07. The van der Waals surface area contributed by atoms with E-state index in [4.69, 9.17) is 4.74 Å². The summed E-state index contributed by atoms with van der Waals surface area (Å²) in [4.78, 5) is 38.9. The maximum atomic E-state index is 12.1. The topological polar surface area (TPSA) is 109 Å². The average molecular weight is 362 g/mol. The number of hydrogen-bond donors (Lipinski definition) is 3. The van der Waals surface area contributed by atoms with E-state index in [0.717, 1.165) is 11.3 Å². The normalized spacial score (nSPS) is 10.0. The molecule has 3 N–H and O–H groups in total. The van der Waals surface area contributed by atoms with E-state index in [2.05, 4.69) is 20.9 Å². The van der Waals surface area contributed by atoms with E-state index in [1.807, 2.05) is 0 Å². The number of amides is 3. The highest BCUT2D eigenvalue weighted by Crippen LogP contribution is 2.17. The van der Waals surface area contributed by atoms with Crippen molar-refractivity contribution in [3.63, 3.8) is 0 Å². The molecule has 1 aromatic heterocycles.